The molecule has 3 aromatic rings. The second kappa shape index (κ2) is 7.19. The predicted molar refractivity (Wildman–Crippen MR) is 114 cm³/mol. The molecule has 0 unspecified atom stereocenters. The topological polar surface area (TPSA) is 37.3 Å². The van der Waals surface area contributed by atoms with Gasteiger partial charge >= 0.3 is 6.03 Å². The van der Waals surface area contributed by atoms with Gasteiger partial charge in [-0.25, -0.2) is 4.79 Å². The molecule has 1 aromatic heterocycles. The van der Waals surface area contributed by atoms with Crippen molar-refractivity contribution >= 4 is 11.7 Å². The van der Waals surface area contributed by atoms with Crippen LogP contribution in [0.3, 0.4) is 0 Å². The minimum atomic E-state index is -0.0885. The van der Waals surface area contributed by atoms with Gasteiger partial charge in [-0.2, -0.15) is 0 Å². The highest BCUT2D eigenvalue weighted by molar-refractivity contribution is 5.91. The third kappa shape index (κ3) is 3.19. The van der Waals surface area contributed by atoms with Gasteiger partial charge in [0, 0.05) is 30.7 Å². The average Bonchev–Trinajstić information content (AvgIpc) is 3.14. The lowest BCUT2D eigenvalue weighted by molar-refractivity contribution is 0.181. The van der Waals surface area contributed by atoms with Crippen molar-refractivity contribution in [1.82, 2.24) is 9.47 Å². The summed E-state index contributed by atoms with van der Waals surface area (Å²) in [6.45, 7) is 9.84. The highest BCUT2D eigenvalue weighted by Gasteiger charge is 2.33. The quantitative estimate of drug-likeness (QED) is 0.645. The maximum Gasteiger partial charge on any atom is 0.322 e. The molecule has 1 aliphatic rings. The van der Waals surface area contributed by atoms with E-state index in [2.05, 4.69) is 73.3 Å². The van der Waals surface area contributed by atoms with Crippen molar-refractivity contribution < 1.29 is 4.79 Å². The number of benzene rings is 2. The molecular weight excluding hydrogens is 346 g/mol. The summed E-state index contributed by atoms with van der Waals surface area (Å²) < 4.78 is 2.26. The highest BCUT2D eigenvalue weighted by atomic mass is 16.2. The van der Waals surface area contributed by atoms with Crippen molar-refractivity contribution in [3.63, 3.8) is 0 Å². The second-order valence-corrected chi connectivity index (χ2v) is 7.76. The lowest BCUT2D eigenvalue weighted by atomic mass is 9.94. The zero-order valence-corrected chi connectivity index (χ0v) is 17.0. The van der Waals surface area contributed by atoms with Crippen molar-refractivity contribution in [2.24, 2.45) is 0 Å². The van der Waals surface area contributed by atoms with Crippen molar-refractivity contribution in [3.8, 4) is 0 Å². The Kier molecular flexibility index (Phi) is 4.71. The van der Waals surface area contributed by atoms with Crippen LogP contribution in [-0.4, -0.2) is 22.0 Å². The molecule has 0 spiro atoms. The minimum absolute atomic E-state index is 0.0499. The number of nitrogens with zero attached hydrogens (tertiary/aromatic N) is 2. The van der Waals surface area contributed by atoms with Gasteiger partial charge in [0.1, 0.15) is 0 Å². The molecule has 0 aliphatic carbocycles. The largest absolute Gasteiger partial charge is 0.348 e. The number of nitrogens with one attached hydrogen (secondary N) is 1. The molecule has 28 heavy (non-hydrogen) atoms. The molecule has 4 rings (SSSR count). The number of rotatable bonds is 2. The van der Waals surface area contributed by atoms with Gasteiger partial charge in [-0.15, -0.1) is 0 Å². The van der Waals surface area contributed by atoms with Crippen molar-refractivity contribution in [1.29, 1.82) is 0 Å². The Morgan fingerprint density at radius 2 is 1.79 bits per heavy atom. The van der Waals surface area contributed by atoms with Crippen molar-refractivity contribution in [3.05, 3.63) is 88.2 Å². The van der Waals surface area contributed by atoms with E-state index in [0.29, 0.717) is 6.54 Å². The SMILES string of the molecule is Cc1ccc([C@@H]2c3cccn3CCN2C(=O)Nc2cccc(C)c2C)c(C)c1. The van der Waals surface area contributed by atoms with Crippen LogP contribution in [0.5, 0.6) is 0 Å². The summed E-state index contributed by atoms with van der Waals surface area (Å²) in [6, 6.07) is 16.6. The Hall–Kier alpha value is -3.01. The van der Waals surface area contributed by atoms with Gasteiger partial charge in [-0.3, -0.25) is 0 Å². The molecule has 0 fully saturated rings. The fourth-order valence-corrected chi connectivity index (χ4v) is 4.14. The number of aryl methyl sites for hydroxylation is 3. The number of amides is 2. The van der Waals surface area contributed by atoms with Crippen molar-refractivity contribution in [2.75, 3.05) is 11.9 Å². The first-order chi connectivity index (χ1) is 13.5. The Morgan fingerprint density at radius 1 is 0.964 bits per heavy atom. The maximum absolute atomic E-state index is 13.3. The van der Waals surface area contributed by atoms with Gasteiger partial charge < -0.3 is 14.8 Å². The molecule has 1 aliphatic heterocycles. The lowest BCUT2D eigenvalue weighted by Gasteiger charge is -2.38. The first-order valence-corrected chi connectivity index (χ1v) is 9.81. The Morgan fingerprint density at radius 3 is 2.57 bits per heavy atom. The number of anilines is 1. The van der Waals surface area contributed by atoms with Crippen LogP contribution in [0.1, 0.15) is 39.6 Å². The molecule has 0 radical (unpaired) electrons. The Bertz CT molecular complexity index is 1030. The third-order valence-corrected chi connectivity index (χ3v) is 5.87. The number of hydrogen-bond acceptors (Lipinski definition) is 1. The van der Waals surface area contributed by atoms with Crippen LogP contribution in [0.25, 0.3) is 0 Å². The molecule has 4 nitrogen and oxygen atoms in total. The average molecular weight is 374 g/mol. The summed E-state index contributed by atoms with van der Waals surface area (Å²) in [7, 11) is 0. The van der Waals surface area contributed by atoms with Gasteiger partial charge in [-0.05, 0) is 68.1 Å². The molecule has 2 aromatic carbocycles. The summed E-state index contributed by atoms with van der Waals surface area (Å²) in [5, 5.41) is 3.15. The van der Waals surface area contributed by atoms with Crippen molar-refractivity contribution in [2.45, 2.75) is 40.3 Å². The molecule has 4 heteroatoms. The molecular formula is C24H27N3O. The van der Waals surface area contributed by atoms with E-state index in [1.54, 1.807) is 0 Å². The number of carbonyl (C=O) groups is 1. The highest BCUT2D eigenvalue weighted by Crippen LogP contribution is 2.35. The number of carbonyl (C=O) groups excluding carboxylic acids is 1. The molecule has 0 saturated heterocycles. The van der Waals surface area contributed by atoms with Crippen LogP contribution in [0, 0.1) is 27.7 Å². The van der Waals surface area contributed by atoms with Crippen LogP contribution in [0.4, 0.5) is 10.5 Å². The van der Waals surface area contributed by atoms with E-state index in [-0.39, 0.29) is 12.1 Å². The zero-order chi connectivity index (χ0) is 19.8. The van der Waals surface area contributed by atoms with E-state index < -0.39 is 0 Å². The fourth-order valence-electron chi connectivity index (χ4n) is 4.14. The summed E-state index contributed by atoms with van der Waals surface area (Å²) in [4.78, 5) is 15.3. The molecule has 1 atom stereocenters. The van der Waals surface area contributed by atoms with Gasteiger partial charge in [0.25, 0.3) is 0 Å². The van der Waals surface area contributed by atoms with E-state index in [0.717, 1.165) is 23.5 Å². The molecule has 1 N–H and O–H groups in total. The number of urea groups is 1. The van der Waals surface area contributed by atoms with Gasteiger partial charge in [-0.1, -0.05) is 35.9 Å². The number of fused-ring (bicyclic) bond motifs is 1. The summed E-state index contributed by atoms with van der Waals surface area (Å²) in [6.07, 6.45) is 2.10. The third-order valence-electron chi connectivity index (χ3n) is 5.87. The minimum Gasteiger partial charge on any atom is -0.348 e. The Balaban J connectivity index is 1.72. The van der Waals surface area contributed by atoms with Gasteiger partial charge in [0.15, 0.2) is 0 Å². The monoisotopic (exact) mass is 373 g/mol. The molecule has 2 heterocycles. The van der Waals surface area contributed by atoms with E-state index >= 15 is 0 Å². The molecule has 0 bridgehead atoms. The molecule has 2 amide bonds. The van der Waals surface area contributed by atoms with Gasteiger partial charge in [0.05, 0.1) is 6.04 Å². The van der Waals surface area contributed by atoms with Crippen LogP contribution in [-0.2, 0) is 6.54 Å². The first-order valence-electron chi connectivity index (χ1n) is 9.81. The fraction of sp³-hybridized carbons (Fsp3) is 0.292. The second-order valence-electron chi connectivity index (χ2n) is 7.76. The van der Waals surface area contributed by atoms with Crippen LogP contribution in [0.2, 0.25) is 0 Å². The zero-order valence-electron chi connectivity index (χ0n) is 17.0. The number of aromatic nitrogens is 1. The maximum atomic E-state index is 13.3. The molecule has 144 valence electrons. The van der Waals surface area contributed by atoms with Crippen LogP contribution >= 0.6 is 0 Å². The number of hydrogen-bond donors (Lipinski definition) is 1. The van der Waals surface area contributed by atoms with E-state index in [9.17, 15) is 4.79 Å². The Labute approximate surface area is 166 Å². The van der Waals surface area contributed by atoms with E-state index in [4.69, 9.17) is 0 Å². The van der Waals surface area contributed by atoms with E-state index in [1.807, 2.05) is 24.0 Å². The standard InChI is InChI=1S/C24H27N3O/c1-16-10-11-20(18(3)15-16)23-22-9-6-12-26(22)13-14-27(23)24(28)25-21-8-5-7-17(2)19(21)4/h5-12,15,23H,13-14H2,1-4H3,(H,25,28)/t23-/m1/s1. The lowest BCUT2D eigenvalue weighted by Crippen LogP contribution is -2.44. The first kappa shape index (κ1) is 18.4. The summed E-state index contributed by atoms with van der Waals surface area (Å²) >= 11 is 0. The van der Waals surface area contributed by atoms with Crippen LogP contribution < -0.4 is 5.32 Å². The molecule has 0 saturated carbocycles. The van der Waals surface area contributed by atoms with Gasteiger partial charge in [0.2, 0.25) is 0 Å². The summed E-state index contributed by atoms with van der Waals surface area (Å²) in [5.74, 6) is 0. The smallest absolute Gasteiger partial charge is 0.322 e. The normalized spacial score (nSPS) is 16.0. The van der Waals surface area contributed by atoms with E-state index in [1.165, 1.54) is 22.3 Å². The summed E-state index contributed by atoms with van der Waals surface area (Å²) in [5.41, 5.74) is 7.96. The predicted octanol–water partition coefficient (Wildman–Crippen LogP) is 5.36. The van der Waals surface area contributed by atoms with Crippen LogP contribution in [0.15, 0.2) is 54.7 Å².